The van der Waals surface area contributed by atoms with E-state index in [2.05, 4.69) is 15.0 Å². The molecule has 10 nitrogen and oxygen atoms in total. The number of aliphatic hydroxyl groups is 3. The number of nitrogens with zero attached hydrogens (tertiary/aromatic N) is 3. The summed E-state index contributed by atoms with van der Waals surface area (Å²) in [6, 6.07) is 0. The number of nitrogens with two attached hydrogens (primary N) is 1. The van der Waals surface area contributed by atoms with Crippen molar-refractivity contribution in [3.05, 3.63) is 16.7 Å². The van der Waals surface area contributed by atoms with Crippen LogP contribution in [0.15, 0.2) is 11.1 Å². The van der Waals surface area contributed by atoms with Gasteiger partial charge in [-0.15, -0.1) is 0 Å². The van der Waals surface area contributed by atoms with Crippen molar-refractivity contribution < 1.29 is 26.9 Å². The van der Waals surface area contributed by atoms with Gasteiger partial charge in [-0.2, -0.15) is 4.98 Å². The first-order valence-electron chi connectivity index (χ1n) is 8.21. The van der Waals surface area contributed by atoms with Gasteiger partial charge in [-0.3, -0.25) is 14.3 Å². The third-order valence-corrected chi connectivity index (χ3v) is 2.81. The highest BCUT2D eigenvalue weighted by Crippen LogP contribution is 2.32. The maximum absolute atomic E-state index is 11.9. The normalized spacial score (nSPS) is 49.8. The lowest BCUT2D eigenvalue weighted by atomic mass is 10.1. The fraction of sp³-hybridized carbons (Fsp3) is 0.545. The zero-order chi connectivity index (χ0) is 19.9. The van der Waals surface area contributed by atoms with Crippen LogP contribution in [0, 0.1) is 0 Å². The molecule has 1 fully saturated rings. The summed E-state index contributed by atoms with van der Waals surface area (Å²) in [6.07, 6.45) is -16.1. The van der Waals surface area contributed by atoms with Crippen molar-refractivity contribution in [3.63, 3.8) is 0 Å². The topological polar surface area (TPSA) is 160 Å². The number of rotatable bonds is 2. The van der Waals surface area contributed by atoms with E-state index in [4.69, 9.17) is 17.3 Å². The van der Waals surface area contributed by atoms with Crippen molar-refractivity contribution in [1.82, 2.24) is 19.5 Å². The van der Waals surface area contributed by atoms with Gasteiger partial charge in [0, 0.05) is 0 Å². The molecule has 0 aliphatic carbocycles. The summed E-state index contributed by atoms with van der Waals surface area (Å²) < 4.78 is 45.0. The van der Waals surface area contributed by atoms with Gasteiger partial charge >= 0.3 is 0 Å². The molecule has 21 heavy (non-hydrogen) atoms. The van der Waals surface area contributed by atoms with Gasteiger partial charge in [0.1, 0.15) is 18.2 Å². The SMILES string of the molecule is [2H]C(C)(O)[C@@]1([2H])O[C@@]([2H])(n2cnc3c(=O)[nH]c(N)nc32)[C@]([2H])(O)[C@]1([2H])O. The molecule has 0 bridgehead atoms. The third-order valence-electron chi connectivity index (χ3n) is 2.81. The van der Waals surface area contributed by atoms with Gasteiger partial charge in [0.15, 0.2) is 17.4 Å². The number of nitrogen functional groups attached to an aromatic ring is 1. The number of hydrogen-bond donors (Lipinski definition) is 5. The Labute approximate surface area is 124 Å². The second kappa shape index (κ2) is 4.77. The van der Waals surface area contributed by atoms with Crippen LogP contribution in [-0.2, 0) is 4.74 Å². The van der Waals surface area contributed by atoms with E-state index in [0.717, 1.165) is 6.33 Å². The Morgan fingerprint density at radius 1 is 1.62 bits per heavy atom. The molecule has 10 heteroatoms. The molecule has 0 amide bonds. The molecule has 0 saturated carbocycles. The number of ether oxygens (including phenoxy) is 1. The van der Waals surface area contributed by atoms with Gasteiger partial charge in [-0.1, -0.05) is 0 Å². The molecule has 114 valence electrons. The summed E-state index contributed by atoms with van der Waals surface area (Å²) in [6.45, 7) is 0.675. The summed E-state index contributed by atoms with van der Waals surface area (Å²) in [5, 5.41) is 30.5. The van der Waals surface area contributed by atoms with E-state index in [9.17, 15) is 20.1 Å². The van der Waals surface area contributed by atoms with Crippen LogP contribution in [0.5, 0.6) is 0 Å². The lowest BCUT2D eigenvalue weighted by molar-refractivity contribution is -0.0777. The molecule has 1 aliphatic heterocycles. The quantitative estimate of drug-likeness (QED) is 0.414. The average molecular weight is 302 g/mol. The highest BCUT2D eigenvalue weighted by atomic mass is 16.6. The number of fused-ring (bicyclic) bond motifs is 1. The Balaban J connectivity index is 2.34. The number of anilines is 1. The van der Waals surface area contributed by atoms with Crippen molar-refractivity contribution in [2.75, 3.05) is 5.73 Å². The smallest absolute Gasteiger partial charge is 0.280 e. The Bertz CT molecular complexity index is 955. The molecule has 0 radical (unpaired) electrons. The molecule has 0 spiro atoms. The number of aromatic nitrogens is 4. The second-order valence-corrected chi connectivity index (χ2v) is 4.26. The molecule has 6 N–H and O–H groups in total. The average Bonchev–Trinajstić information content (AvgIpc) is 2.93. The standard InChI is InChI=1S/C11H15N5O5/c1-3(17)7-5(18)6(19)10(21-7)16-2-13-4-8(16)14-11(12)15-9(4)20/h2-3,5-7,10,17-19H,1H3,(H3,12,14,15,20)/t3?,5-,6+,7+,10+/m0/s1/i3D,5D,6D,7D,10D. The molecule has 1 unspecified atom stereocenters. The number of H-pyrrole nitrogens is 1. The summed E-state index contributed by atoms with van der Waals surface area (Å²) in [4.78, 5) is 21.4. The number of aromatic amines is 1. The van der Waals surface area contributed by atoms with Crippen molar-refractivity contribution >= 4 is 17.1 Å². The molecular formula is C11H15N5O5. The summed E-state index contributed by atoms with van der Waals surface area (Å²) in [7, 11) is 0. The van der Waals surface area contributed by atoms with Gasteiger partial charge < -0.3 is 25.8 Å². The van der Waals surface area contributed by atoms with E-state index in [0.29, 0.717) is 11.5 Å². The Morgan fingerprint density at radius 3 is 2.95 bits per heavy atom. The molecule has 1 saturated heterocycles. The fourth-order valence-corrected chi connectivity index (χ4v) is 1.89. The van der Waals surface area contributed by atoms with Gasteiger partial charge in [-0.25, -0.2) is 4.98 Å². The van der Waals surface area contributed by atoms with Crippen LogP contribution in [0.1, 0.15) is 20.0 Å². The second-order valence-electron chi connectivity index (χ2n) is 4.26. The van der Waals surface area contributed by atoms with Gasteiger partial charge in [0.05, 0.1) is 19.3 Å². The zero-order valence-electron chi connectivity index (χ0n) is 15.7. The van der Waals surface area contributed by atoms with Crippen LogP contribution >= 0.6 is 0 Å². The molecule has 1 aliphatic rings. The largest absolute Gasteiger partial charge is 0.391 e. The van der Waals surface area contributed by atoms with Crippen molar-refractivity contribution in [3.8, 4) is 0 Å². The lowest BCUT2D eigenvalue weighted by Crippen LogP contribution is -2.37. The van der Waals surface area contributed by atoms with Crippen LogP contribution < -0.4 is 11.3 Å². The fourth-order valence-electron chi connectivity index (χ4n) is 1.89. The molecule has 3 heterocycles. The molecule has 3 rings (SSSR count). The number of imidazole rings is 1. The first-order chi connectivity index (χ1) is 11.6. The van der Waals surface area contributed by atoms with Crippen molar-refractivity contribution in [1.29, 1.82) is 0 Å². The van der Waals surface area contributed by atoms with Gasteiger partial charge in [-0.05, 0) is 6.92 Å². The number of nitrogens with one attached hydrogen (secondary N) is 1. The monoisotopic (exact) mass is 302 g/mol. The van der Waals surface area contributed by atoms with Crippen LogP contribution in [-0.4, -0.2) is 59.2 Å². The minimum atomic E-state index is -3.67. The van der Waals surface area contributed by atoms with E-state index < -0.39 is 47.7 Å². The predicted molar refractivity (Wildman–Crippen MR) is 70.2 cm³/mol. The number of hydrogen-bond acceptors (Lipinski definition) is 8. The molecule has 5 atom stereocenters. The lowest BCUT2D eigenvalue weighted by Gasteiger charge is -2.17. The van der Waals surface area contributed by atoms with Crippen molar-refractivity contribution in [2.45, 2.75) is 37.4 Å². The first-order valence-corrected chi connectivity index (χ1v) is 5.71. The zero-order valence-corrected chi connectivity index (χ0v) is 10.7. The highest BCUT2D eigenvalue weighted by molar-refractivity contribution is 5.70. The molecule has 0 aromatic carbocycles. The molecule has 2 aromatic heterocycles. The van der Waals surface area contributed by atoms with Crippen molar-refractivity contribution in [2.24, 2.45) is 0 Å². The van der Waals surface area contributed by atoms with E-state index in [-0.39, 0.29) is 5.52 Å². The van der Waals surface area contributed by atoms with Crippen LogP contribution in [0.4, 0.5) is 5.95 Å². The minimum Gasteiger partial charge on any atom is -0.391 e. The Kier molecular flexibility index (Phi) is 2.07. The van der Waals surface area contributed by atoms with Crippen LogP contribution in [0.25, 0.3) is 11.2 Å². The minimum absolute atomic E-state index is 0.362. The third kappa shape index (κ3) is 2.08. The Morgan fingerprint density at radius 2 is 2.33 bits per heavy atom. The van der Waals surface area contributed by atoms with E-state index >= 15 is 0 Å². The van der Waals surface area contributed by atoms with Crippen LogP contribution in [0.2, 0.25) is 0 Å². The van der Waals surface area contributed by atoms with Crippen LogP contribution in [0.3, 0.4) is 0 Å². The molecule has 2 aromatic rings. The van der Waals surface area contributed by atoms with Gasteiger partial charge in [0.25, 0.3) is 5.56 Å². The maximum atomic E-state index is 11.9. The van der Waals surface area contributed by atoms with E-state index in [1.807, 2.05) is 0 Å². The summed E-state index contributed by atoms with van der Waals surface area (Å²) >= 11 is 0. The first kappa shape index (κ1) is 9.10. The van der Waals surface area contributed by atoms with E-state index in [1.54, 1.807) is 0 Å². The van der Waals surface area contributed by atoms with E-state index in [1.165, 1.54) is 0 Å². The molecular weight excluding hydrogens is 282 g/mol. The highest BCUT2D eigenvalue weighted by Gasteiger charge is 2.46. The van der Waals surface area contributed by atoms with Gasteiger partial charge in [0.2, 0.25) is 5.95 Å². The Hall–Kier alpha value is -2.01. The summed E-state index contributed by atoms with van der Waals surface area (Å²) in [5.41, 5.74) is 3.80. The predicted octanol–water partition coefficient (Wildman–Crippen LogP) is -2.30. The summed E-state index contributed by atoms with van der Waals surface area (Å²) in [5.74, 6) is -0.398. The maximum Gasteiger partial charge on any atom is 0.280 e.